The van der Waals surface area contributed by atoms with Crippen molar-refractivity contribution in [2.24, 2.45) is 0 Å². The molecule has 1 atom stereocenters. The molecule has 1 aromatic rings. The van der Waals surface area contributed by atoms with Crippen LogP contribution in [-0.4, -0.2) is 37.2 Å². The summed E-state index contributed by atoms with van der Waals surface area (Å²) in [6, 6.07) is 7.68. The lowest BCUT2D eigenvalue weighted by Crippen LogP contribution is -2.32. The molecular formula is C15H21BrN2O. The Morgan fingerprint density at radius 2 is 2.21 bits per heavy atom. The van der Waals surface area contributed by atoms with Crippen LogP contribution in [0.5, 0.6) is 5.75 Å². The third-order valence-electron chi connectivity index (χ3n) is 4.12. The van der Waals surface area contributed by atoms with Crippen LogP contribution < -0.4 is 10.1 Å². The topological polar surface area (TPSA) is 24.5 Å². The maximum Gasteiger partial charge on any atom is 0.119 e. The first-order valence-electron chi connectivity index (χ1n) is 7.06. The molecule has 3 nitrogen and oxygen atoms in total. The molecule has 0 bridgehead atoms. The van der Waals surface area contributed by atoms with E-state index in [2.05, 4.69) is 38.3 Å². The lowest BCUT2D eigenvalue weighted by Gasteiger charge is -2.16. The summed E-state index contributed by atoms with van der Waals surface area (Å²) in [4.78, 5) is 2.64. The molecule has 104 valence electrons. The van der Waals surface area contributed by atoms with Gasteiger partial charge < -0.3 is 10.1 Å². The zero-order chi connectivity index (χ0) is 13.2. The highest BCUT2D eigenvalue weighted by atomic mass is 79.9. The monoisotopic (exact) mass is 324 g/mol. The van der Waals surface area contributed by atoms with Gasteiger partial charge in [0.15, 0.2) is 0 Å². The Labute approximate surface area is 123 Å². The highest BCUT2D eigenvalue weighted by Gasteiger charge is 2.34. The number of rotatable bonds is 5. The number of hydrogen-bond acceptors (Lipinski definition) is 3. The molecule has 1 saturated heterocycles. The van der Waals surface area contributed by atoms with Gasteiger partial charge in [-0.25, -0.2) is 0 Å². The minimum Gasteiger partial charge on any atom is -0.497 e. The summed E-state index contributed by atoms with van der Waals surface area (Å²) in [6.07, 6.45) is 4.10. The van der Waals surface area contributed by atoms with Gasteiger partial charge in [-0.05, 0) is 43.0 Å². The van der Waals surface area contributed by atoms with Crippen LogP contribution in [0.3, 0.4) is 0 Å². The van der Waals surface area contributed by atoms with Crippen LogP contribution in [0.25, 0.3) is 0 Å². The van der Waals surface area contributed by atoms with E-state index in [1.165, 1.54) is 37.9 Å². The number of hydrogen-bond donors (Lipinski definition) is 1. The van der Waals surface area contributed by atoms with Crippen LogP contribution in [0.1, 0.15) is 24.8 Å². The van der Waals surface area contributed by atoms with Gasteiger partial charge in [0.05, 0.1) is 7.11 Å². The first-order chi connectivity index (χ1) is 9.26. The van der Waals surface area contributed by atoms with Gasteiger partial charge in [-0.2, -0.15) is 0 Å². The van der Waals surface area contributed by atoms with Gasteiger partial charge in [-0.1, -0.05) is 15.9 Å². The van der Waals surface area contributed by atoms with Crippen LogP contribution in [0.4, 0.5) is 0 Å². The molecule has 1 unspecified atom stereocenters. The standard InChI is InChI=1S/C15H21BrN2O/c1-19-14-4-5-15(16)11(8-14)9-17-12-6-7-18(10-12)13-2-3-13/h4-5,8,12-13,17H,2-3,6-7,9-10H2,1H3. The third kappa shape index (κ3) is 3.30. The van der Waals surface area contributed by atoms with E-state index in [0.717, 1.165) is 22.8 Å². The van der Waals surface area contributed by atoms with E-state index in [1.807, 2.05) is 6.07 Å². The van der Waals surface area contributed by atoms with Crippen molar-refractivity contribution in [2.75, 3.05) is 20.2 Å². The van der Waals surface area contributed by atoms with E-state index >= 15 is 0 Å². The molecule has 19 heavy (non-hydrogen) atoms. The fourth-order valence-electron chi connectivity index (χ4n) is 2.79. The van der Waals surface area contributed by atoms with E-state index in [1.54, 1.807) is 7.11 Å². The lowest BCUT2D eigenvalue weighted by molar-refractivity contribution is 0.317. The van der Waals surface area contributed by atoms with Crippen molar-refractivity contribution in [2.45, 2.75) is 37.9 Å². The minimum atomic E-state index is 0.638. The van der Waals surface area contributed by atoms with Crippen molar-refractivity contribution in [1.82, 2.24) is 10.2 Å². The molecule has 1 aromatic carbocycles. The highest BCUT2D eigenvalue weighted by molar-refractivity contribution is 9.10. The second-order valence-corrected chi connectivity index (χ2v) is 6.40. The second kappa shape index (κ2) is 5.81. The Balaban J connectivity index is 1.54. The first kappa shape index (κ1) is 13.4. The predicted molar refractivity (Wildman–Crippen MR) is 80.5 cm³/mol. The highest BCUT2D eigenvalue weighted by Crippen LogP contribution is 2.30. The molecule has 2 fully saturated rings. The largest absolute Gasteiger partial charge is 0.497 e. The second-order valence-electron chi connectivity index (χ2n) is 5.55. The summed E-state index contributed by atoms with van der Waals surface area (Å²) in [6.45, 7) is 3.38. The average molecular weight is 325 g/mol. The molecule has 0 radical (unpaired) electrons. The van der Waals surface area contributed by atoms with Gasteiger partial charge in [-0.15, -0.1) is 0 Å². The molecular weight excluding hydrogens is 304 g/mol. The number of halogens is 1. The minimum absolute atomic E-state index is 0.638. The number of nitrogens with zero attached hydrogens (tertiary/aromatic N) is 1. The molecule has 1 heterocycles. The van der Waals surface area contributed by atoms with Gasteiger partial charge in [0, 0.05) is 36.2 Å². The third-order valence-corrected chi connectivity index (χ3v) is 4.89. The summed E-state index contributed by atoms with van der Waals surface area (Å²) in [5.74, 6) is 0.922. The summed E-state index contributed by atoms with van der Waals surface area (Å²) < 4.78 is 6.43. The molecule has 1 aliphatic heterocycles. The Bertz CT molecular complexity index is 448. The average Bonchev–Trinajstić information content (AvgIpc) is 3.17. The zero-order valence-electron chi connectivity index (χ0n) is 11.4. The molecule has 4 heteroatoms. The quantitative estimate of drug-likeness (QED) is 0.901. The Morgan fingerprint density at radius 3 is 2.95 bits per heavy atom. The maximum absolute atomic E-state index is 5.28. The fraction of sp³-hybridized carbons (Fsp3) is 0.600. The number of likely N-dealkylation sites (tertiary alicyclic amines) is 1. The number of nitrogens with one attached hydrogen (secondary N) is 1. The van der Waals surface area contributed by atoms with E-state index in [9.17, 15) is 0 Å². The molecule has 3 rings (SSSR count). The Morgan fingerprint density at radius 1 is 1.37 bits per heavy atom. The van der Waals surface area contributed by atoms with Gasteiger partial charge in [0.2, 0.25) is 0 Å². The predicted octanol–water partition coefficient (Wildman–Crippen LogP) is 2.78. The van der Waals surface area contributed by atoms with Gasteiger partial charge in [0.25, 0.3) is 0 Å². The molecule has 0 amide bonds. The van der Waals surface area contributed by atoms with Crippen molar-refractivity contribution in [3.05, 3.63) is 28.2 Å². The van der Waals surface area contributed by atoms with Gasteiger partial charge >= 0.3 is 0 Å². The summed E-state index contributed by atoms with van der Waals surface area (Å²) >= 11 is 3.61. The van der Waals surface area contributed by atoms with E-state index < -0.39 is 0 Å². The molecule has 1 saturated carbocycles. The number of ether oxygens (including phenoxy) is 1. The number of benzene rings is 1. The molecule has 1 aliphatic carbocycles. The van der Waals surface area contributed by atoms with Crippen LogP contribution in [0, 0.1) is 0 Å². The van der Waals surface area contributed by atoms with Crippen molar-refractivity contribution in [1.29, 1.82) is 0 Å². The van der Waals surface area contributed by atoms with Crippen molar-refractivity contribution < 1.29 is 4.74 Å². The van der Waals surface area contributed by atoms with E-state index in [4.69, 9.17) is 4.74 Å². The summed E-state index contributed by atoms with van der Waals surface area (Å²) in [5, 5.41) is 3.68. The van der Waals surface area contributed by atoms with Crippen LogP contribution >= 0.6 is 15.9 Å². The van der Waals surface area contributed by atoms with Crippen LogP contribution in [0.2, 0.25) is 0 Å². The molecule has 0 aromatic heterocycles. The summed E-state index contributed by atoms with van der Waals surface area (Å²) in [5.41, 5.74) is 1.27. The zero-order valence-corrected chi connectivity index (χ0v) is 12.9. The molecule has 2 aliphatic rings. The van der Waals surface area contributed by atoms with Crippen molar-refractivity contribution in [3.63, 3.8) is 0 Å². The van der Waals surface area contributed by atoms with Gasteiger partial charge in [-0.3, -0.25) is 4.90 Å². The van der Waals surface area contributed by atoms with Gasteiger partial charge in [0.1, 0.15) is 5.75 Å². The first-order valence-corrected chi connectivity index (χ1v) is 7.85. The van der Waals surface area contributed by atoms with E-state index in [-0.39, 0.29) is 0 Å². The van der Waals surface area contributed by atoms with Crippen LogP contribution in [-0.2, 0) is 6.54 Å². The molecule has 1 N–H and O–H groups in total. The maximum atomic E-state index is 5.28. The van der Waals surface area contributed by atoms with Crippen LogP contribution in [0.15, 0.2) is 22.7 Å². The van der Waals surface area contributed by atoms with Crippen molar-refractivity contribution in [3.8, 4) is 5.75 Å². The Hall–Kier alpha value is -0.580. The number of methoxy groups -OCH3 is 1. The normalized spacial score (nSPS) is 23.8. The lowest BCUT2D eigenvalue weighted by atomic mass is 10.2. The Kier molecular flexibility index (Phi) is 4.10. The van der Waals surface area contributed by atoms with Crippen molar-refractivity contribution >= 4 is 15.9 Å². The smallest absolute Gasteiger partial charge is 0.119 e. The van der Waals surface area contributed by atoms with E-state index in [0.29, 0.717) is 6.04 Å². The summed E-state index contributed by atoms with van der Waals surface area (Å²) in [7, 11) is 1.71. The molecule has 0 spiro atoms. The fourth-order valence-corrected chi connectivity index (χ4v) is 3.18. The SMILES string of the molecule is COc1ccc(Br)c(CNC2CCN(C3CC3)C2)c1.